The van der Waals surface area contributed by atoms with Crippen molar-refractivity contribution in [1.82, 2.24) is 9.97 Å². The molecular weight excluding hydrogens is 212 g/mol. The second-order valence-electron chi connectivity index (χ2n) is 2.52. The van der Waals surface area contributed by atoms with Gasteiger partial charge in [-0.05, 0) is 23.7 Å². The van der Waals surface area contributed by atoms with Crippen LogP contribution >= 0.6 is 23.6 Å². The molecule has 0 saturated carbocycles. The van der Waals surface area contributed by atoms with E-state index in [4.69, 9.17) is 12.2 Å². The van der Waals surface area contributed by atoms with E-state index in [1.165, 1.54) is 4.88 Å². The minimum Gasteiger partial charge on any atom is -0.337 e. The lowest BCUT2D eigenvalue weighted by atomic mass is 10.3. The zero-order valence-electron chi connectivity index (χ0n) is 8.33. The highest BCUT2D eigenvalue weighted by molar-refractivity contribution is 7.71. The van der Waals surface area contributed by atoms with Gasteiger partial charge in [0.1, 0.15) is 0 Å². The Morgan fingerprint density at radius 2 is 2.21 bits per heavy atom. The number of aromatic nitrogens is 2. The number of hydrogen-bond donors (Lipinski definition) is 2. The molecule has 2 aromatic rings. The minimum absolute atomic E-state index is 0.696. The smallest absolute Gasteiger partial charge is 0.174 e. The van der Waals surface area contributed by atoms with Gasteiger partial charge >= 0.3 is 0 Å². The Labute approximate surface area is 93.0 Å². The van der Waals surface area contributed by atoms with E-state index in [0.29, 0.717) is 4.77 Å². The van der Waals surface area contributed by atoms with Crippen LogP contribution in [-0.2, 0) is 6.42 Å². The van der Waals surface area contributed by atoms with Crippen molar-refractivity contribution in [2.75, 3.05) is 0 Å². The van der Waals surface area contributed by atoms with Gasteiger partial charge in [0.2, 0.25) is 0 Å². The van der Waals surface area contributed by atoms with Crippen LogP contribution in [0.25, 0.3) is 0 Å². The molecular formula is C10H14N2S2. The first kappa shape index (κ1) is 11.2. The average Bonchev–Trinajstić information content (AvgIpc) is 2.82. The van der Waals surface area contributed by atoms with E-state index in [0.717, 1.165) is 12.1 Å². The molecule has 0 atom stereocenters. The lowest BCUT2D eigenvalue weighted by Gasteiger charge is -1.90. The maximum absolute atomic E-state index is 4.92. The standard InChI is InChI=1S/C8H8N2S2.C2H6/c11-8-9-5-6(10-8)4-7-2-1-3-12-7;1-2/h1-3,5H,4H2,(H2,9,10,11);1-2H3. The molecule has 0 fully saturated rings. The summed E-state index contributed by atoms with van der Waals surface area (Å²) in [5.41, 5.74) is 1.14. The topological polar surface area (TPSA) is 31.6 Å². The second kappa shape index (κ2) is 5.78. The quantitative estimate of drug-likeness (QED) is 0.751. The van der Waals surface area contributed by atoms with E-state index in [1.54, 1.807) is 11.3 Å². The summed E-state index contributed by atoms with van der Waals surface area (Å²) in [5, 5.41) is 2.08. The van der Waals surface area contributed by atoms with Gasteiger partial charge in [-0.15, -0.1) is 11.3 Å². The fourth-order valence-electron chi connectivity index (χ4n) is 1.07. The molecule has 0 amide bonds. The molecule has 4 heteroatoms. The fourth-order valence-corrected chi connectivity index (χ4v) is 1.98. The molecule has 0 radical (unpaired) electrons. The van der Waals surface area contributed by atoms with E-state index in [1.807, 2.05) is 20.0 Å². The van der Waals surface area contributed by atoms with Crippen molar-refractivity contribution >= 4 is 23.6 Å². The van der Waals surface area contributed by atoms with E-state index < -0.39 is 0 Å². The molecule has 2 N–H and O–H groups in total. The van der Waals surface area contributed by atoms with Gasteiger partial charge in [-0.1, -0.05) is 19.9 Å². The number of H-pyrrole nitrogens is 2. The zero-order chi connectivity index (χ0) is 10.4. The Bertz CT molecular complexity index is 398. The number of thiophene rings is 1. The molecule has 14 heavy (non-hydrogen) atoms. The van der Waals surface area contributed by atoms with Crippen molar-refractivity contribution in [3.05, 3.63) is 39.1 Å². The van der Waals surface area contributed by atoms with Gasteiger partial charge in [0.25, 0.3) is 0 Å². The van der Waals surface area contributed by atoms with Gasteiger partial charge in [-0.25, -0.2) is 0 Å². The molecule has 0 aliphatic heterocycles. The molecule has 0 aliphatic carbocycles. The van der Waals surface area contributed by atoms with Crippen LogP contribution in [0.2, 0.25) is 0 Å². The highest BCUT2D eigenvalue weighted by Gasteiger charge is 1.97. The summed E-state index contributed by atoms with van der Waals surface area (Å²) in [6.07, 6.45) is 2.85. The first-order chi connectivity index (χ1) is 6.84. The number of hydrogen-bond acceptors (Lipinski definition) is 2. The third-order valence-corrected chi connectivity index (χ3v) is 2.69. The van der Waals surface area contributed by atoms with Crippen LogP contribution in [0, 0.1) is 4.77 Å². The first-order valence-corrected chi connectivity index (χ1v) is 5.92. The van der Waals surface area contributed by atoms with E-state index in [-0.39, 0.29) is 0 Å². The van der Waals surface area contributed by atoms with Crippen LogP contribution in [0.1, 0.15) is 24.4 Å². The Balaban J connectivity index is 0.000000461. The molecule has 0 aliphatic rings. The SMILES string of the molecule is CC.S=c1[nH]cc(Cc2cccs2)[nH]1. The van der Waals surface area contributed by atoms with E-state index in [2.05, 4.69) is 27.5 Å². The van der Waals surface area contributed by atoms with Crippen molar-refractivity contribution in [3.63, 3.8) is 0 Å². The predicted octanol–water partition coefficient (Wildman–Crippen LogP) is 3.75. The largest absolute Gasteiger partial charge is 0.337 e. The maximum atomic E-state index is 4.92. The molecule has 2 rings (SSSR count). The van der Waals surface area contributed by atoms with Crippen molar-refractivity contribution < 1.29 is 0 Å². The lowest BCUT2D eigenvalue weighted by molar-refractivity contribution is 1.13. The molecule has 2 nitrogen and oxygen atoms in total. The van der Waals surface area contributed by atoms with E-state index >= 15 is 0 Å². The van der Waals surface area contributed by atoms with Crippen LogP contribution in [0.15, 0.2) is 23.7 Å². The maximum Gasteiger partial charge on any atom is 0.174 e. The number of nitrogens with one attached hydrogen (secondary N) is 2. The Morgan fingerprint density at radius 3 is 2.71 bits per heavy atom. The van der Waals surface area contributed by atoms with Crippen LogP contribution in [-0.4, -0.2) is 9.97 Å². The number of imidazole rings is 1. The summed E-state index contributed by atoms with van der Waals surface area (Å²) in [6, 6.07) is 4.18. The van der Waals surface area contributed by atoms with Crippen molar-refractivity contribution in [3.8, 4) is 0 Å². The summed E-state index contributed by atoms with van der Waals surface area (Å²) >= 11 is 6.68. The molecule has 0 spiro atoms. The van der Waals surface area contributed by atoms with Crippen molar-refractivity contribution in [2.24, 2.45) is 0 Å². The van der Waals surface area contributed by atoms with Gasteiger partial charge in [-0.2, -0.15) is 0 Å². The third kappa shape index (κ3) is 3.12. The third-order valence-electron chi connectivity index (χ3n) is 1.60. The second-order valence-corrected chi connectivity index (χ2v) is 3.96. The lowest BCUT2D eigenvalue weighted by Crippen LogP contribution is -1.82. The van der Waals surface area contributed by atoms with Gasteiger partial charge in [-0.3, -0.25) is 0 Å². The molecule has 2 aromatic heterocycles. The Kier molecular flexibility index (Phi) is 4.62. The molecule has 0 unspecified atom stereocenters. The van der Waals surface area contributed by atoms with Gasteiger partial charge in [0.15, 0.2) is 4.77 Å². The molecule has 2 heterocycles. The highest BCUT2D eigenvalue weighted by Crippen LogP contribution is 2.12. The number of rotatable bonds is 2. The Hall–Kier alpha value is -0.870. The summed E-state index contributed by atoms with van der Waals surface area (Å²) in [5.74, 6) is 0. The summed E-state index contributed by atoms with van der Waals surface area (Å²) in [4.78, 5) is 7.37. The van der Waals surface area contributed by atoms with Crippen LogP contribution < -0.4 is 0 Å². The van der Waals surface area contributed by atoms with Crippen molar-refractivity contribution in [2.45, 2.75) is 20.3 Å². The van der Waals surface area contributed by atoms with E-state index in [9.17, 15) is 0 Å². The minimum atomic E-state index is 0.696. The molecule has 0 saturated heterocycles. The molecule has 76 valence electrons. The van der Waals surface area contributed by atoms with Gasteiger partial charge in [0, 0.05) is 23.2 Å². The number of aromatic amines is 2. The van der Waals surface area contributed by atoms with Gasteiger partial charge < -0.3 is 9.97 Å². The predicted molar refractivity (Wildman–Crippen MR) is 64.5 cm³/mol. The zero-order valence-corrected chi connectivity index (χ0v) is 9.97. The summed E-state index contributed by atoms with van der Waals surface area (Å²) in [7, 11) is 0. The highest BCUT2D eigenvalue weighted by atomic mass is 32.1. The molecule has 0 aromatic carbocycles. The molecule has 0 bridgehead atoms. The van der Waals surface area contributed by atoms with Gasteiger partial charge in [0.05, 0.1) is 0 Å². The summed E-state index contributed by atoms with van der Waals surface area (Å²) in [6.45, 7) is 4.00. The normalized spacial score (nSPS) is 9.29. The van der Waals surface area contributed by atoms with Crippen molar-refractivity contribution in [1.29, 1.82) is 0 Å². The average molecular weight is 226 g/mol. The van der Waals surface area contributed by atoms with Crippen LogP contribution in [0.4, 0.5) is 0 Å². The van der Waals surface area contributed by atoms with Crippen LogP contribution in [0.5, 0.6) is 0 Å². The Morgan fingerprint density at radius 1 is 1.43 bits per heavy atom. The summed E-state index contributed by atoms with van der Waals surface area (Å²) < 4.78 is 0.696. The first-order valence-electron chi connectivity index (χ1n) is 4.63. The monoisotopic (exact) mass is 226 g/mol. The van der Waals surface area contributed by atoms with Crippen LogP contribution in [0.3, 0.4) is 0 Å². The fraction of sp³-hybridized carbons (Fsp3) is 0.300.